The average Bonchev–Trinajstić information content (AvgIpc) is 3.05. The largest absolute Gasteiger partial charge is 0.342 e. The first-order valence-corrected chi connectivity index (χ1v) is 5.50. The van der Waals surface area contributed by atoms with Crippen molar-refractivity contribution in [2.45, 2.75) is 0 Å². The van der Waals surface area contributed by atoms with E-state index in [4.69, 9.17) is 0 Å². The van der Waals surface area contributed by atoms with E-state index in [0.29, 0.717) is 11.5 Å². The van der Waals surface area contributed by atoms with Crippen molar-refractivity contribution in [1.82, 2.24) is 30.1 Å². The summed E-state index contributed by atoms with van der Waals surface area (Å²) >= 11 is 0. The third-order valence-corrected chi connectivity index (χ3v) is 2.90. The molecule has 3 heterocycles. The lowest BCUT2D eigenvalue weighted by atomic mass is 10.1. The lowest BCUT2D eigenvalue weighted by Crippen LogP contribution is -1.89. The molecule has 0 saturated heterocycles. The Morgan fingerprint density at radius 3 is 3.00 bits per heavy atom. The van der Waals surface area contributed by atoms with Crippen LogP contribution in [0.15, 0.2) is 36.9 Å². The van der Waals surface area contributed by atoms with Crippen molar-refractivity contribution in [3.8, 4) is 11.4 Å². The van der Waals surface area contributed by atoms with Crippen LogP contribution in [0.2, 0.25) is 0 Å². The van der Waals surface area contributed by atoms with E-state index >= 15 is 0 Å². The number of nitrogens with zero attached hydrogens (tertiary/aromatic N) is 4. The maximum Gasteiger partial charge on any atom is 0.181 e. The van der Waals surface area contributed by atoms with Crippen molar-refractivity contribution in [2.75, 3.05) is 0 Å². The third kappa shape index (κ3) is 1.22. The van der Waals surface area contributed by atoms with Crippen LogP contribution in [0.3, 0.4) is 0 Å². The molecule has 0 aliphatic rings. The van der Waals surface area contributed by atoms with Crippen LogP contribution in [0.4, 0.5) is 0 Å². The average molecular weight is 236 g/mol. The highest BCUT2D eigenvalue weighted by Gasteiger charge is 2.09. The van der Waals surface area contributed by atoms with E-state index in [1.54, 1.807) is 18.7 Å². The molecule has 0 aliphatic heterocycles. The molecular formula is C12H8N6. The van der Waals surface area contributed by atoms with Crippen LogP contribution in [-0.2, 0) is 0 Å². The second-order valence-corrected chi connectivity index (χ2v) is 3.97. The minimum absolute atomic E-state index is 0.654. The summed E-state index contributed by atoms with van der Waals surface area (Å²) in [5.41, 5.74) is 3.42. The molecule has 0 bridgehead atoms. The lowest BCUT2D eigenvalue weighted by Gasteiger charge is -2.00. The minimum atomic E-state index is 0.654. The quantitative estimate of drug-likeness (QED) is 0.528. The zero-order valence-corrected chi connectivity index (χ0v) is 9.25. The van der Waals surface area contributed by atoms with Crippen molar-refractivity contribution < 1.29 is 0 Å². The van der Waals surface area contributed by atoms with Gasteiger partial charge in [-0.3, -0.25) is 5.10 Å². The van der Waals surface area contributed by atoms with Gasteiger partial charge in [0, 0.05) is 10.9 Å². The van der Waals surface area contributed by atoms with Crippen LogP contribution >= 0.6 is 0 Å². The highest BCUT2D eigenvalue weighted by Crippen LogP contribution is 2.25. The van der Waals surface area contributed by atoms with Crippen LogP contribution < -0.4 is 0 Å². The number of fused-ring (bicyclic) bond motifs is 2. The molecule has 0 fully saturated rings. The molecule has 2 N–H and O–H groups in total. The Bertz CT molecular complexity index is 844. The number of hydrogen-bond acceptors (Lipinski definition) is 4. The number of rotatable bonds is 1. The number of hydrogen-bond donors (Lipinski definition) is 2. The molecule has 0 spiro atoms. The highest BCUT2D eigenvalue weighted by atomic mass is 15.1. The zero-order chi connectivity index (χ0) is 11.9. The van der Waals surface area contributed by atoms with Gasteiger partial charge in [-0.25, -0.2) is 15.0 Å². The van der Waals surface area contributed by atoms with E-state index in [9.17, 15) is 0 Å². The van der Waals surface area contributed by atoms with E-state index in [0.717, 1.165) is 22.0 Å². The fourth-order valence-electron chi connectivity index (χ4n) is 2.03. The molecule has 6 nitrogen and oxygen atoms in total. The van der Waals surface area contributed by atoms with Crippen LogP contribution in [0.25, 0.3) is 33.5 Å². The van der Waals surface area contributed by atoms with Crippen molar-refractivity contribution in [2.24, 2.45) is 0 Å². The predicted molar refractivity (Wildman–Crippen MR) is 66.8 cm³/mol. The first-order valence-electron chi connectivity index (χ1n) is 5.50. The van der Waals surface area contributed by atoms with Gasteiger partial charge in [-0.05, 0) is 6.07 Å². The summed E-state index contributed by atoms with van der Waals surface area (Å²) in [6, 6.07) is 5.90. The Hall–Kier alpha value is -2.76. The first-order chi connectivity index (χ1) is 8.92. The number of imidazole rings is 1. The van der Waals surface area contributed by atoms with Gasteiger partial charge in [-0.2, -0.15) is 5.10 Å². The van der Waals surface area contributed by atoms with Crippen molar-refractivity contribution in [1.29, 1.82) is 0 Å². The van der Waals surface area contributed by atoms with E-state index < -0.39 is 0 Å². The molecule has 0 saturated carbocycles. The first kappa shape index (κ1) is 9.29. The summed E-state index contributed by atoms with van der Waals surface area (Å²) in [5, 5.41) is 7.98. The van der Waals surface area contributed by atoms with Gasteiger partial charge < -0.3 is 4.98 Å². The van der Waals surface area contributed by atoms with Crippen LogP contribution in [0.5, 0.6) is 0 Å². The third-order valence-electron chi connectivity index (χ3n) is 2.90. The van der Waals surface area contributed by atoms with Crippen molar-refractivity contribution >= 4 is 22.1 Å². The molecular weight excluding hydrogens is 228 g/mol. The fourth-order valence-corrected chi connectivity index (χ4v) is 2.03. The molecule has 4 rings (SSSR count). The summed E-state index contributed by atoms with van der Waals surface area (Å²) in [4.78, 5) is 15.9. The Morgan fingerprint density at radius 2 is 2.00 bits per heavy atom. The van der Waals surface area contributed by atoms with Crippen LogP contribution in [0.1, 0.15) is 0 Å². The molecule has 86 valence electrons. The summed E-state index contributed by atoms with van der Waals surface area (Å²) in [6.45, 7) is 0. The monoisotopic (exact) mass is 236 g/mol. The standard InChI is InChI=1S/C12H8N6/c1-2-7(8-4-16-18-9(8)3-1)11-13-5-10-12(17-11)15-6-14-10/h1-6H,(H,16,18)(H,13,14,15,17). The predicted octanol–water partition coefficient (Wildman–Crippen LogP) is 1.90. The summed E-state index contributed by atoms with van der Waals surface area (Å²) in [5.74, 6) is 0.654. The molecule has 0 amide bonds. The zero-order valence-electron chi connectivity index (χ0n) is 9.25. The molecule has 0 unspecified atom stereocenters. The van der Waals surface area contributed by atoms with Gasteiger partial charge in [0.05, 0.1) is 24.2 Å². The van der Waals surface area contributed by atoms with E-state index in [1.165, 1.54) is 0 Å². The number of aromatic amines is 2. The molecule has 4 aromatic rings. The molecule has 18 heavy (non-hydrogen) atoms. The molecule has 3 aromatic heterocycles. The Morgan fingerprint density at radius 1 is 1.00 bits per heavy atom. The Kier molecular flexibility index (Phi) is 1.74. The van der Waals surface area contributed by atoms with Crippen LogP contribution in [-0.4, -0.2) is 30.1 Å². The Labute approximate surface area is 101 Å². The number of H-pyrrole nitrogens is 2. The summed E-state index contributed by atoms with van der Waals surface area (Å²) < 4.78 is 0. The van der Waals surface area contributed by atoms with Gasteiger partial charge in [0.25, 0.3) is 0 Å². The number of nitrogens with one attached hydrogen (secondary N) is 2. The maximum absolute atomic E-state index is 4.44. The van der Waals surface area contributed by atoms with Gasteiger partial charge >= 0.3 is 0 Å². The topological polar surface area (TPSA) is 83.1 Å². The number of aromatic nitrogens is 6. The lowest BCUT2D eigenvalue weighted by molar-refractivity contribution is 1.12. The molecule has 6 heteroatoms. The fraction of sp³-hybridized carbons (Fsp3) is 0. The summed E-state index contributed by atoms with van der Waals surface area (Å²) in [6.07, 6.45) is 5.13. The van der Waals surface area contributed by atoms with Gasteiger partial charge in [-0.1, -0.05) is 12.1 Å². The van der Waals surface area contributed by atoms with Gasteiger partial charge in [0.2, 0.25) is 0 Å². The van der Waals surface area contributed by atoms with Gasteiger partial charge in [-0.15, -0.1) is 0 Å². The van der Waals surface area contributed by atoms with Crippen molar-refractivity contribution in [3.63, 3.8) is 0 Å². The molecule has 0 radical (unpaired) electrons. The summed E-state index contributed by atoms with van der Waals surface area (Å²) in [7, 11) is 0. The normalized spacial score (nSPS) is 11.3. The van der Waals surface area contributed by atoms with Crippen molar-refractivity contribution in [3.05, 3.63) is 36.9 Å². The minimum Gasteiger partial charge on any atom is -0.342 e. The van der Waals surface area contributed by atoms with E-state index in [1.807, 2.05) is 18.2 Å². The van der Waals surface area contributed by atoms with Gasteiger partial charge in [0.1, 0.15) is 5.52 Å². The number of benzene rings is 1. The Balaban J connectivity index is 2.03. The second-order valence-electron chi connectivity index (χ2n) is 3.97. The smallest absolute Gasteiger partial charge is 0.181 e. The molecule has 0 atom stereocenters. The maximum atomic E-state index is 4.44. The van der Waals surface area contributed by atoms with Crippen LogP contribution in [0, 0.1) is 0 Å². The van der Waals surface area contributed by atoms with Gasteiger partial charge in [0.15, 0.2) is 11.5 Å². The molecule has 1 aromatic carbocycles. The highest BCUT2D eigenvalue weighted by molar-refractivity contribution is 5.92. The second kappa shape index (κ2) is 3.36. The van der Waals surface area contributed by atoms with E-state index in [-0.39, 0.29) is 0 Å². The SMILES string of the molecule is c1cc(-c2ncc3[nH]cnc3n2)c2cn[nH]c2c1. The molecule has 0 aliphatic carbocycles. The van der Waals surface area contributed by atoms with E-state index in [2.05, 4.69) is 30.1 Å².